The van der Waals surface area contributed by atoms with Crippen molar-refractivity contribution in [3.63, 3.8) is 0 Å². The van der Waals surface area contributed by atoms with Gasteiger partial charge in [-0.1, -0.05) is 18.2 Å². The van der Waals surface area contributed by atoms with Gasteiger partial charge in [0.25, 0.3) is 0 Å². The van der Waals surface area contributed by atoms with E-state index < -0.39 is 0 Å². The van der Waals surface area contributed by atoms with Crippen LogP contribution in [0.15, 0.2) is 42.5 Å². The number of nitrogens with zero attached hydrogens (tertiary/aromatic N) is 3. The van der Waals surface area contributed by atoms with Gasteiger partial charge in [-0.15, -0.1) is 0 Å². The molecule has 0 bridgehead atoms. The molecule has 0 aliphatic carbocycles. The molecule has 1 unspecified atom stereocenters. The SMILES string of the molecule is Cc1cccc(N2CCN(C(C)c3ccc(O)cc3)CC2)n1. The van der Waals surface area contributed by atoms with Crippen molar-refractivity contribution < 1.29 is 5.11 Å². The van der Waals surface area contributed by atoms with Crippen LogP contribution in [0.25, 0.3) is 0 Å². The lowest BCUT2D eigenvalue weighted by atomic mass is 10.1. The van der Waals surface area contributed by atoms with Gasteiger partial charge in [-0.3, -0.25) is 4.90 Å². The summed E-state index contributed by atoms with van der Waals surface area (Å²) < 4.78 is 0. The van der Waals surface area contributed by atoms with Crippen LogP contribution < -0.4 is 4.90 Å². The van der Waals surface area contributed by atoms with Crippen LogP contribution in [0.4, 0.5) is 5.82 Å². The van der Waals surface area contributed by atoms with Gasteiger partial charge in [-0.25, -0.2) is 4.98 Å². The molecule has 116 valence electrons. The molecule has 1 fully saturated rings. The third-order valence-corrected chi connectivity index (χ3v) is 4.44. The summed E-state index contributed by atoms with van der Waals surface area (Å²) in [4.78, 5) is 9.45. The van der Waals surface area contributed by atoms with Crippen LogP contribution in [0, 0.1) is 6.92 Å². The lowest BCUT2D eigenvalue weighted by Crippen LogP contribution is -2.47. The van der Waals surface area contributed by atoms with E-state index in [0.717, 1.165) is 37.7 Å². The van der Waals surface area contributed by atoms with Gasteiger partial charge in [0.2, 0.25) is 0 Å². The van der Waals surface area contributed by atoms with Crippen molar-refractivity contribution in [1.82, 2.24) is 9.88 Å². The number of aromatic nitrogens is 1. The fourth-order valence-electron chi connectivity index (χ4n) is 3.01. The van der Waals surface area contributed by atoms with Crippen LogP contribution in [0.1, 0.15) is 24.2 Å². The summed E-state index contributed by atoms with van der Waals surface area (Å²) >= 11 is 0. The second-order valence-corrected chi connectivity index (χ2v) is 5.93. The normalized spacial score (nSPS) is 17.5. The third kappa shape index (κ3) is 3.22. The number of rotatable bonds is 3. The van der Waals surface area contributed by atoms with Crippen molar-refractivity contribution in [2.24, 2.45) is 0 Å². The molecular formula is C18H23N3O. The maximum atomic E-state index is 9.40. The number of pyridine rings is 1. The molecule has 22 heavy (non-hydrogen) atoms. The lowest BCUT2D eigenvalue weighted by molar-refractivity contribution is 0.198. The summed E-state index contributed by atoms with van der Waals surface area (Å²) in [5.41, 5.74) is 2.32. The first-order chi connectivity index (χ1) is 10.6. The Kier molecular flexibility index (Phi) is 4.29. The minimum absolute atomic E-state index is 0.325. The molecule has 3 rings (SSSR count). The van der Waals surface area contributed by atoms with E-state index in [0.29, 0.717) is 11.8 Å². The maximum absolute atomic E-state index is 9.40. The molecular weight excluding hydrogens is 274 g/mol. The molecule has 2 aromatic rings. The first-order valence-electron chi connectivity index (χ1n) is 7.85. The molecule has 1 aromatic carbocycles. The fraction of sp³-hybridized carbons (Fsp3) is 0.389. The second-order valence-electron chi connectivity index (χ2n) is 5.93. The van der Waals surface area contributed by atoms with E-state index in [1.54, 1.807) is 12.1 Å². The first-order valence-corrected chi connectivity index (χ1v) is 7.85. The monoisotopic (exact) mass is 297 g/mol. The summed E-state index contributed by atoms with van der Waals surface area (Å²) in [6, 6.07) is 14.1. The smallest absolute Gasteiger partial charge is 0.128 e. The number of piperazine rings is 1. The number of aromatic hydroxyl groups is 1. The molecule has 4 nitrogen and oxygen atoms in total. The van der Waals surface area contributed by atoms with E-state index in [-0.39, 0.29) is 0 Å². The summed E-state index contributed by atoms with van der Waals surface area (Å²) in [6.07, 6.45) is 0. The Hall–Kier alpha value is -2.07. The first kappa shape index (κ1) is 14.9. The van der Waals surface area contributed by atoms with Gasteiger partial charge in [0.1, 0.15) is 11.6 Å². The predicted molar refractivity (Wildman–Crippen MR) is 89.3 cm³/mol. The molecule has 0 amide bonds. The Morgan fingerprint density at radius 1 is 1.00 bits per heavy atom. The van der Waals surface area contributed by atoms with Gasteiger partial charge in [0.15, 0.2) is 0 Å². The molecule has 0 saturated carbocycles. The molecule has 1 aliphatic heterocycles. The van der Waals surface area contributed by atoms with Crippen molar-refractivity contribution in [2.75, 3.05) is 31.1 Å². The van der Waals surface area contributed by atoms with Crippen LogP contribution in [0.2, 0.25) is 0 Å². The zero-order valence-corrected chi connectivity index (χ0v) is 13.2. The molecule has 0 spiro atoms. The highest BCUT2D eigenvalue weighted by Gasteiger charge is 2.22. The number of hydrogen-bond donors (Lipinski definition) is 1. The van der Waals surface area contributed by atoms with Crippen LogP contribution in [-0.4, -0.2) is 41.2 Å². The number of anilines is 1. The minimum Gasteiger partial charge on any atom is -0.508 e. The van der Waals surface area contributed by atoms with Gasteiger partial charge >= 0.3 is 0 Å². The van der Waals surface area contributed by atoms with Gasteiger partial charge in [0.05, 0.1) is 0 Å². The maximum Gasteiger partial charge on any atom is 0.128 e. The van der Waals surface area contributed by atoms with E-state index >= 15 is 0 Å². The zero-order valence-electron chi connectivity index (χ0n) is 13.2. The average Bonchev–Trinajstić information content (AvgIpc) is 2.55. The fourth-order valence-corrected chi connectivity index (χ4v) is 3.01. The molecule has 1 aromatic heterocycles. The van der Waals surface area contributed by atoms with E-state index in [9.17, 15) is 5.11 Å². The molecule has 1 saturated heterocycles. The van der Waals surface area contributed by atoms with Gasteiger partial charge in [-0.05, 0) is 43.7 Å². The van der Waals surface area contributed by atoms with Crippen molar-refractivity contribution in [3.05, 3.63) is 53.7 Å². The van der Waals surface area contributed by atoms with Crippen molar-refractivity contribution in [1.29, 1.82) is 0 Å². The van der Waals surface area contributed by atoms with Crippen LogP contribution in [-0.2, 0) is 0 Å². The summed E-state index contributed by atoms with van der Waals surface area (Å²) in [7, 11) is 0. The molecule has 0 radical (unpaired) electrons. The van der Waals surface area contributed by atoms with Gasteiger partial charge < -0.3 is 10.0 Å². The van der Waals surface area contributed by atoms with Crippen molar-refractivity contribution in [3.8, 4) is 5.75 Å². The Morgan fingerprint density at radius 3 is 2.32 bits per heavy atom. The highest BCUT2D eigenvalue weighted by atomic mass is 16.3. The third-order valence-electron chi connectivity index (χ3n) is 4.44. The topological polar surface area (TPSA) is 39.6 Å². The number of phenolic OH excluding ortho intramolecular Hbond substituents is 1. The lowest BCUT2D eigenvalue weighted by Gasteiger charge is -2.38. The highest BCUT2D eigenvalue weighted by Crippen LogP contribution is 2.24. The molecule has 1 aliphatic rings. The Bertz CT molecular complexity index is 618. The molecule has 1 N–H and O–H groups in total. The quantitative estimate of drug-likeness (QED) is 0.945. The molecule has 2 heterocycles. The molecule has 4 heteroatoms. The summed E-state index contributed by atoms with van der Waals surface area (Å²) in [5.74, 6) is 1.41. The van der Waals surface area contributed by atoms with Crippen molar-refractivity contribution in [2.45, 2.75) is 19.9 Å². The highest BCUT2D eigenvalue weighted by molar-refractivity contribution is 5.39. The zero-order chi connectivity index (χ0) is 15.5. The Labute approximate surface area is 132 Å². The van der Waals surface area contributed by atoms with Crippen LogP contribution >= 0.6 is 0 Å². The molecule has 1 atom stereocenters. The van der Waals surface area contributed by atoms with E-state index in [1.807, 2.05) is 25.1 Å². The van der Waals surface area contributed by atoms with E-state index in [2.05, 4.69) is 33.8 Å². The number of aryl methyl sites for hydroxylation is 1. The largest absolute Gasteiger partial charge is 0.508 e. The standard InChI is InChI=1S/C18H23N3O/c1-14-4-3-5-18(19-14)21-12-10-20(11-13-21)15(2)16-6-8-17(22)9-7-16/h3-9,15,22H,10-13H2,1-2H3. The van der Waals surface area contributed by atoms with E-state index in [4.69, 9.17) is 0 Å². The minimum atomic E-state index is 0.325. The van der Waals surface area contributed by atoms with Crippen molar-refractivity contribution >= 4 is 5.82 Å². The van der Waals surface area contributed by atoms with Gasteiger partial charge in [-0.2, -0.15) is 0 Å². The predicted octanol–water partition coefficient (Wildman–Crippen LogP) is 2.98. The number of phenols is 1. The van der Waals surface area contributed by atoms with Crippen LogP contribution in [0.5, 0.6) is 5.75 Å². The van der Waals surface area contributed by atoms with Crippen LogP contribution in [0.3, 0.4) is 0 Å². The summed E-state index contributed by atoms with van der Waals surface area (Å²) in [6.45, 7) is 8.31. The number of hydrogen-bond acceptors (Lipinski definition) is 4. The number of benzene rings is 1. The van der Waals surface area contributed by atoms with E-state index in [1.165, 1.54) is 5.56 Å². The Balaban J connectivity index is 1.62. The second kappa shape index (κ2) is 6.36. The Morgan fingerprint density at radius 2 is 1.68 bits per heavy atom. The average molecular weight is 297 g/mol. The van der Waals surface area contributed by atoms with Gasteiger partial charge in [0, 0.05) is 37.9 Å². The summed E-state index contributed by atoms with van der Waals surface area (Å²) in [5, 5.41) is 9.40.